The maximum atomic E-state index is 12.3. The second kappa shape index (κ2) is 6.24. The van der Waals surface area contributed by atoms with E-state index in [9.17, 15) is 4.79 Å². The molecule has 0 aromatic carbocycles. The summed E-state index contributed by atoms with van der Waals surface area (Å²) in [5.41, 5.74) is 3.23. The van der Waals surface area contributed by atoms with Gasteiger partial charge in [-0.25, -0.2) is 9.97 Å². The first-order valence-electron chi connectivity index (χ1n) is 8.12. The van der Waals surface area contributed by atoms with Crippen LogP contribution in [-0.2, 0) is 6.54 Å². The number of fused-ring (bicyclic) bond motifs is 1. The minimum atomic E-state index is -0.174. The smallest absolute Gasteiger partial charge is 0.271 e. The molecule has 1 aliphatic heterocycles. The van der Waals surface area contributed by atoms with Gasteiger partial charge in [-0.05, 0) is 31.4 Å². The van der Waals surface area contributed by atoms with Gasteiger partial charge in [-0.2, -0.15) is 0 Å². The average Bonchev–Trinajstić information content (AvgIpc) is 3.30. The van der Waals surface area contributed by atoms with Crippen LogP contribution in [0.25, 0.3) is 5.65 Å². The molecule has 24 heavy (non-hydrogen) atoms. The van der Waals surface area contributed by atoms with Crippen molar-refractivity contribution >= 4 is 28.0 Å². The summed E-state index contributed by atoms with van der Waals surface area (Å²) in [5.74, 6) is -0.174. The molecule has 1 fully saturated rings. The van der Waals surface area contributed by atoms with Gasteiger partial charge in [0, 0.05) is 30.9 Å². The molecule has 1 aliphatic rings. The molecule has 1 saturated heterocycles. The summed E-state index contributed by atoms with van der Waals surface area (Å²) in [4.78, 5) is 23.6. The van der Waals surface area contributed by atoms with E-state index < -0.39 is 0 Å². The van der Waals surface area contributed by atoms with Gasteiger partial charge in [0.25, 0.3) is 5.91 Å². The highest BCUT2D eigenvalue weighted by Gasteiger charge is 2.16. The maximum Gasteiger partial charge on any atom is 0.271 e. The first-order chi connectivity index (χ1) is 11.7. The number of carbonyl (C=O) groups is 1. The Hall–Kier alpha value is -2.41. The van der Waals surface area contributed by atoms with E-state index in [-0.39, 0.29) is 5.91 Å². The normalized spacial score (nSPS) is 14.5. The molecule has 0 unspecified atom stereocenters. The van der Waals surface area contributed by atoms with Crippen LogP contribution >= 0.6 is 11.3 Å². The SMILES string of the molecule is Cc1ccc2nc(C(=O)NCc3csc(N4CCCC4)n3)cn2c1. The molecule has 0 aliphatic carbocycles. The van der Waals surface area contributed by atoms with Crippen molar-refractivity contribution < 1.29 is 4.79 Å². The van der Waals surface area contributed by atoms with E-state index in [2.05, 4.69) is 20.2 Å². The molecule has 1 amide bonds. The molecular weight excluding hydrogens is 322 g/mol. The lowest BCUT2D eigenvalue weighted by molar-refractivity contribution is 0.0946. The molecule has 6 nitrogen and oxygen atoms in total. The number of imidazole rings is 1. The van der Waals surface area contributed by atoms with Crippen molar-refractivity contribution in [2.75, 3.05) is 18.0 Å². The lowest BCUT2D eigenvalue weighted by Gasteiger charge is -2.12. The Morgan fingerprint density at radius 3 is 2.92 bits per heavy atom. The summed E-state index contributed by atoms with van der Waals surface area (Å²) in [6.07, 6.45) is 6.19. The van der Waals surface area contributed by atoms with Crippen LogP contribution in [0, 0.1) is 6.92 Å². The largest absolute Gasteiger partial charge is 0.348 e. The first-order valence-corrected chi connectivity index (χ1v) is 9.00. The highest BCUT2D eigenvalue weighted by Crippen LogP contribution is 2.24. The van der Waals surface area contributed by atoms with Gasteiger partial charge < -0.3 is 14.6 Å². The summed E-state index contributed by atoms with van der Waals surface area (Å²) in [5, 5.41) is 5.98. The van der Waals surface area contributed by atoms with Crippen LogP contribution in [-0.4, -0.2) is 33.4 Å². The van der Waals surface area contributed by atoms with Gasteiger partial charge in [-0.15, -0.1) is 11.3 Å². The standard InChI is InChI=1S/C17H19N5OS/c1-12-4-5-15-20-14(10-22(15)9-12)16(23)18-8-13-11-24-17(19-13)21-6-2-3-7-21/h4-5,9-11H,2-3,6-8H2,1H3,(H,18,23). The van der Waals surface area contributed by atoms with Crippen molar-refractivity contribution in [3.63, 3.8) is 0 Å². The van der Waals surface area contributed by atoms with E-state index in [0.717, 1.165) is 35.1 Å². The number of carbonyl (C=O) groups excluding carboxylic acids is 1. The lowest BCUT2D eigenvalue weighted by Crippen LogP contribution is -2.23. The van der Waals surface area contributed by atoms with Crippen molar-refractivity contribution in [3.8, 4) is 0 Å². The quantitative estimate of drug-likeness (QED) is 0.792. The van der Waals surface area contributed by atoms with Gasteiger partial charge in [0.1, 0.15) is 11.3 Å². The summed E-state index contributed by atoms with van der Waals surface area (Å²) in [6.45, 7) is 4.61. The Morgan fingerprint density at radius 1 is 1.25 bits per heavy atom. The minimum absolute atomic E-state index is 0.174. The number of anilines is 1. The van der Waals surface area contributed by atoms with Crippen LogP contribution in [0.1, 0.15) is 34.6 Å². The molecule has 0 atom stereocenters. The predicted octanol–water partition coefficient (Wildman–Crippen LogP) is 2.63. The van der Waals surface area contributed by atoms with Crippen LogP contribution in [0.15, 0.2) is 29.9 Å². The van der Waals surface area contributed by atoms with Crippen molar-refractivity contribution in [2.45, 2.75) is 26.3 Å². The number of pyridine rings is 1. The first kappa shape index (κ1) is 15.1. The molecule has 7 heteroatoms. The van der Waals surface area contributed by atoms with E-state index >= 15 is 0 Å². The van der Waals surface area contributed by atoms with E-state index in [1.807, 2.05) is 35.0 Å². The zero-order chi connectivity index (χ0) is 16.5. The highest BCUT2D eigenvalue weighted by molar-refractivity contribution is 7.13. The zero-order valence-corrected chi connectivity index (χ0v) is 14.3. The van der Waals surface area contributed by atoms with Gasteiger partial charge in [0.15, 0.2) is 5.13 Å². The summed E-state index contributed by atoms with van der Waals surface area (Å²) in [7, 11) is 0. The molecule has 4 rings (SSSR count). The van der Waals surface area contributed by atoms with Crippen molar-refractivity contribution in [1.82, 2.24) is 19.7 Å². The van der Waals surface area contributed by atoms with Gasteiger partial charge in [-0.3, -0.25) is 4.79 Å². The Kier molecular flexibility index (Phi) is 3.93. The van der Waals surface area contributed by atoms with Crippen molar-refractivity contribution in [3.05, 3.63) is 46.9 Å². The van der Waals surface area contributed by atoms with E-state index in [0.29, 0.717) is 12.2 Å². The third-order valence-electron chi connectivity index (χ3n) is 4.18. The number of amides is 1. The van der Waals surface area contributed by atoms with Gasteiger partial charge in [0.2, 0.25) is 0 Å². The summed E-state index contributed by atoms with van der Waals surface area (Å²) < 4.78 is 1.87. The number of hydrogen-bond donors (Lipinski definition) is 1. The number of thiazole rings is 1. The molecule has 4 heterocycles. The van der Waals surface area contributed by atoms with E-state index in [4.69, 9.17) is 0 Å². The minimum Gasteiger partial charge on any atom is -0.348 e. The second-order valence-electron chi connectivity index (χ2n) is 6.10. The van der Waals surface area contributed by atoms with Crippen LogP contribution in [0.2, 0.25) is 0 Å². The molecule has 1 N–H and O–H groups in total. The number of aromatic nitrogens is 3. The van der Waals surface area contributed by atoms with Crippen LogP contribution < -0.4 is 10.2 Å². The molecular formula is C17H19N5OS. The Morgan fingerprint density at radius 2 is 2.08 bits per heavy atom. The fraction of sp³-hybridized carbons (Fsp3) is 0.353. The Labute approximate surface area is 144 Å². The molecule has 3 aromatic heterocycles. The fourth-order valence-electron chi connectivity index (χ4n) is 2.90. The predicted molar refractivity (Wildman–Crippen MR) is 94.7 cm³/mol. The summed E-state index contributed by atoms with van der Waals surface area (Å²) >= 11 is 1.64. The van der Waals surface area contributed by atoms with Crippen LogP contribution in [0.3, 0.4) is 0 Å². The molecule has 0 bridgehead atoms. The molecule has 124 valence electrons. The summed E-state index contributed by atoms with van der Waals surface area (Å²) in [6, 6.07) is 3.90. The Bertz CT molecular complexity index is 878. The van der Waals surface area contributed by atoms with Crippen molar-refractivity contribution in [1.29, 1.82) is 0 Å². The molecule has 0 spiro atoms. The average molecular weight is 341 g/mol. The van der Waals surface area contributed by atoms with Crippen molar-refractivity contribution in [2.24, 2.45) is 0 Å². The van der Waals surface area contributed by atoms with Crippen LogP contribution in [0.4, 0.5) is 5.13 Å². The second-order valence-corrected chi connectivity index (χ2v) is 6.93. The molecule has 3 aromatic rings. The van der Waals surface area contributed by atoms with E-state index in [1.165, 1.54) is 12.8 Å². The monoisotopic (exact) mass is 341 g/mol. The Balaban J connectivity index is 1.42. The number of rotatable bonds is 4. The number of aryl methyl sites for hydroxylation is 1. The van der Waals surface area contributed by atoms with E-state index in [1.54, 1.807) is 17.5 Å². The topological polar surface area (TPSA) is 62.5 Å². The fourth-order valence-corrected chi connectivity index (χ4v) is 3.78. The zero-order valence-electron chi connectivity index (χ0n) is 13.5. The maximum absolute atomic E-state index is 12.3. The number of nitrogens with one attached hydrogen (secondary N) is 1. The number of nitrogens with zero attached hydrogens (tertiary/aromatic N) is 4. The molecule has 0 saturated carbocycles. The third kappa shape index (κ3) is 2.99. The van der Waals surface area contributed by atoms with Crippen LogP contribution in [0.5, 0.6) is 0 Å². The highest BCUT2D eigenvalue weighted by atomic mass is 32.1. The number of hydrogen-bond acceptors (Lipinski definition) is 5. The third-order valence-corrected chi connectivity index (χ3v) is 5.13. The lowest BCUT2D eigenvalue weighted by atomic mass is 10.3. The van der Waals surface area contributed by atoms with Gasteiger partial charge in [0.05, 0.1) is 12.2 Å². The van der Waals surface area contributed by atoms with Gasteiger partial charge >= 0.3 is 0 Å². The molecule has 0 radical (unpaired) electrons. The van der Waals surface area contributed by atoms with Gasteiger partial charge in [-0.1, -0.05) is 6.07 Å².